The molecule has 0 saturated heterocycles. The van der Waals surface area contributed by atoms with Crippen molar-refractivity contribution in [1.82, 2.24) is 9.88 Å². The fourth-order valence-electron chi connectivity index (χ4n) is 3.53. The lowest BCUT2D eigenvalue weighted by atomic mass is 10.0. The SMILES string of the molecule is N#Cc1ccc(C(O)CN2CCc3c([nH]c4ccccc34)C2)cc1. The first-order chi connectivity index (χ1) is 11.7. The molecule has 1 aliphatic heterocycles. The van der Waals surface area contributed by atoms with Crippen molar-refractivity contribution in [1.29, 1.82) is 5.26 Å². The first kappa shape index (κ1) is 14.9. The summed E-state index contributed by atoms with van der Waals surface area (Å²) in [6.07, 6.45) is 0.461. The van der Waals surface area contributed by atoms with E-state index >= 15 is 0 Å². The molecule has 4 nitrogen and oxygen atoms in total. The molecule has 2 aromatic carbocycles. The van der Waals surface area contributed by atoms with Gasteiger partial charge in [-0.1, -0.05) is 30.3 Å². The predicted octanol–water partition coefficient (Wildman–Crippen LogP) is 3.13. The molecule has 4 heteroatoms. The molecule has 1 aliphatic rings. The van der Waals surface area contributed by atoms with Crippen LogP contribution in [0.1, 0.15) is 28.5 Å². The van der Waals surface area contributed by atoms with Crippen LogP contribution >= 0.6 is 0 Å². The Labute approximate surface area is 141 Å². The summed E-state index contributed by atoms with van der Waals surface area (Å²) in [5, 5.41) is 20.7. The zero-order valence-electron chi connectivity index (χ0n) is 13.4. The van der Waals surface area contributed by atoms with Gasteiger partial charge in [-0.3, -0.25) is 4.90 Å². The summed E-state index contributed by atoms with van der Waals surface area (Å²) in [5.41, 5.74) is 5.34. The third-order valence-electron chi connectivity index (χ3n) is 4.82. The molecule has 0 spiro atoms. The largest absolute Gasteiger partial charge is 0.387 e. The summed E-state index contributed by atoms with van der Waals surface area (Å²) in [5.74, 6) is 0. The Hall–Kier alpha value is -2.61. The average Bonchev–Trinajstić information content (AvgIpc) is 2.99. The lowest BCUT2D eigenvalue weighted by molar-refractivity contribution is 0.105. The van der Waals surface area contributed by atoms with Crippen molar-refractivity contribution in [2.75, 3.05) is 13.1 Å². The number of para-hydroxylation sites is 1. The van der Waals surface area contributed by atoms with Crippen molar-refractivity contribution in [2.45, 2.75) is 19.1 Å². The van der Waals surface area contributed by atoms with E-state index in [1.807, 2.05) is 12.1 Å². The molecular formula is C20H19N3O. The van der Waals surface area contributed by atoms with Gasteiger partial charge in [0, 0.05) is 36.2 Å². The molecule has 0 radical (unpaired) electrons. The fraction of sp³-hybridized carbons (Fsp3) is 0.250. The van der Waals surface area contributed by atoms with Crippen molar-refractivity contribution >= 4 is 10.9 Å². The number of nitrogens with zero attached hydrogens (tertiary/aromatic N) is 2. The maximum atomic E-state index is 10.5. The second-order valence-corrected chi connectivity index (χ2v) is 6.36. The highest BCUT2D eigenvalue weighted by Gasteiger charge is 2.22. The maximum Gasteiger partial charge on any atom is 0.0991 e. The zero-order valence-corrected chi connectivity index (χ0v) is 13.4. The van der Waals surface area contributed by atoms with Crippen LogP contribution in [0, 0.1) is 11.3 Å². The van der Waals surface area contributed by atoms with Crippen LogP contribution in [0.3, 0.4) is 0 Å². The zero-order chi connectivity index (χ0) is 16.5. The van der Waals surface area contributed by atoms with Crippen molar-refractivity contribution in [3.05, 3.63) is 70.9 Å². The molecule has 1 atom stereocenters. The number of rotatable bonds is 3. The molecule has 0 aliphatic carbocycles. The molecule has 120 valence electrons. The molecule has 3 aromatic rings. The summed E-state index contributed by atoms with van der Waals surface area (Å²) in [6.45, 7) is 2.38. The maximum absolute atomic E-state index is 10.5. The number of nitrogens with one attached hydrogen (secondary N) is 1. The number of aliphatic hydroxyl groups excluding tert-OH is 1. The molecule has 0 saturated carbocycles. The van der Waals surface area contributed by atoms with Crippen LogP contribution in [-0.2, 0) is 13.0 Å². The molecule has 0 fully saturated rings. The van der Waals surface area contributed by atoms with Crippen LogP contribution < -0.4 is 0 Å². The lowest BCUT2D eigenvalue weighted by Gasteiger charge is -2.29. The Bertz CT molecular complexity index is 905. The number of benzene rings is 2. The molecule has 4 rings (SSSR count). The van der Waals surface area contributed by atoms with E-state index in [9.17, 15) is 5.11 Å². The lowest BCUT2D eigenvalue weighted by Crippen LogP contribution is -2.33. The van der Waals surface area contributed by atoms with Crippen molar-refractivity contribution < 1.29 is 5.11 Å². The third kappa shape index (κ3) is 2.69. The van der Waals surface area contributed by atoms with E-state index in [0.717, 1.165) is 25.1 Å². The monoisotopic (exact) mass is 317 g/mol. The minimum absolute atomic E-state index is 0.538. The van der Waals surface area contributed by atoms with Gasteiger partial charge >= 0.3 is 0 Å². The highest BCUT2D eigenvalue weighted by atomic mass is 16.3. The van der Waals surface area contributed by atoms with Crippen molar-refractivity contribution in [3.8, 4) is 6.07 Å². The normalized spacial score (nSPS) is 15.8. The van der Waals surface area contributed by atoms with E-state index in [4.69, 9.17) is 5.26 Å². The topological polar surface area (TPSA) is 63.0 Å². The van der Waals surface area contributed by atoms with Gasteiger partial charge in [-0.2, -0.15) is 5.26 Å². The number of H-pyrrole nitrogens is 1. The van der Waals surface area contributed by atoms with Gasteiger partial charge < -0.3 is 10.1 Å². The highest BCUT2D eigenvalue weighted by Crippen LogP contribution is 2.28. The molecule has 0 bridgehead atoms. The van der Waals surface area contributed by atoms with Crippen LogP contribution in [0.5, 0.6) is 0 Å². The Morgan fingerprint density at radius 1 is 1.17 bits per heavy atom. The van der Waals surface area contributed by atoms with E-state index < -0.39 is 6.10 Å². The first-order valence-electron chi connectivity index (χ1n) is 8.23. The molecule has 1 unspecified atom stereocenters. The molecule has 2 heterocycles. The molecule has 0 amide bonds. The van der Waals surface area contributed by atoms with Crippen LogP contribution in [0.4, 0.5) is 0 Å². The average molecular weight is 317 g/mol. The number of aliphatic hydroxyl groups is 1. The highest BCUT2D eigenvalue weighted by molar-refractivity contribution is 5.84. The molecule has 24 heavy (non-hydrogen) atoms. The van der Waals surface area contributed by atoms with Gasteiger partial charge in [-0.15, -0.1) is 0 Å². The van der Waals surface area contributed by atoms with E-state index in [0.29, 0.717) is 12.1 Å². The van der Waals surface area contributed by atoms with Crippen molar-refractivity contribution in [2.24, 2.45) is 0 Å². The minimum atomic E-state index is -0.538. The number of aromatic nitrogens is 1. The second kappa shape index (κ2) is 6.12. The molecule has 1 aromatic heterocycles. The Morgan fingerprint density at radius 2 is 1.96 bits per heavy atom. The number of aromatic amines is 1. The first-order valence-corrected chi connectivity index (χ1v) is 8.23. The number of β-amino-alcohol motifs (C(OH)–C–C–N with tert-alkyl or cyclic N) is 1. The van der Waals surface area contributed by atoms with E-state index in [1.165, 1.54) is 22.2 Å². The Kier molecular flexibility index (Phi) is 3.81. The predicted molar refractivity (Wildman–Crippen MR) is 93.4 cm³/mol. The van der Waals surface area contributed by atoms with E-state index in [2.05, 4.69) is 40.2 Å². The van der Waals surface area contributed by atoms with Gasteiger partial charge in [-0.05, 0) is 35.7 Å². The van der Waals surface area contributed by atoms with Gasteiger partial charge in [-0.25, -0.2) is 0 Å². The summed E-state index contributed by atoms with van der Waals surface area (Å²) in [7, 11) is 0. The smallest absolute Gasteiger partial charge is 0.0991 e. The van der Waals surface area contributed by atoms with Crippen LogP contribution in [-0.4, -0.2) is 28.1 Å². The van der Waals surface area contributed by atoms with E-state index in [-0.39, 0.29) is 0 Å². The van der Waals surface area contributed by atoms with Crippen LogP contribution in [0.2, 0.25) is 0 Å². The van der Waals surface area contributed by atoms with Gasteiger partial charge in [0.1, 0.15) is 0 Å². The number of fused-ring (bicyclic) bond motifs is 3. The fourth-order valence-corrected chi connectivity index (χ4v) is 3.53. The van der Waals surface area contributed by atoms with Crippen LogP contribution in [0.25, 0.3) is 10.9 Å². The Balaban J connectivity index is 1.49. The standard InChI is InChI=1S/C20H19N3O/c21-11-14-5-7-15(8-6-14)20(24)13-23-10-9-17-16-3-1-2-4-18(16)22-19(17)12-23/h1-8,20,22,24H,9-10,12-13H2. The summed E-state index contributed by atoms with van der Waals surface area (Å²) >= 11 is 0. The van der Waals surface area contributed by atoms with Gasteiger partial charge in [0.2, 0.25) is 0 Å². The van der Waals surface area contributed by atoms with E-state index in [1.54, 1.807) is 12.1 Å². The molecular weight excluding hydrogens is 298 g/mol. The molecule has 2 N–H and O–H groups in total. The second-order valence-electron chi connectivity index (χ2n) is 6.36. The Morgan fingerprint density at radius 3 is 2.75 bits per heavy atom. The quantitative estimate of drug-likeness (QED) is 0.780. The van der Waals surface area contributed by atoms with Crippen molar-refractivity contribution in [3.63, 3.8) is 0 Å². The summed E-state index contributed by atoms with van der Waals surface area (Å²) in [6, 6.07) is 17.7. The summed E-state index contributed by atoms with van der Waals surface area (Å²) < 4.78 is 0. The third-order valence-corrected chi connectivity index (χ3v) is 4.82. The van der Waals surface area contributed by atoms with Gasteiger partial charge in [0.15, 0.2) is 0 Å². The van der Waals surface area contributed by atoms with Gasteiger partial charge in [0.25, 0.3) is 0 Å². The minimum Gasteiger partial charge on any atom is -0.387 e. The number of hydrogen-bond acceptors (Lipinski definition) is 3. The number of hydrogen-bond donors (Lipinski definition) is 2. The summed E-state index contributed by atoms with van der Waals surface area (Å²) in [4.78, 5) is 5.79. The van der Waals surface area contributed by atoms with Crippen LogP contribution in [0.15, 0.2) is 48.5 Å². The number of nitriles is 1. The van der Waals surface area contributed by atoms with Gasteiger partial charge in [0.05, 0.1) is 17.7 Å².